The van der Waals surface area contributed by atoms with Crippen LogP contribution in [-0.2, 0) is 4.79 Å². The first-order valence-electron chi connectivity index (χ1n) is 5.91. The SMILES string of the molecule is O=C([O-])CC12CC3CC(CC(S)(C3)C1)C2. The van der Waals surface area contributed by atoms with E-state index in [4.69, 9.17) is 12.6 Å². The number of carbonyl (C=O) groups excluding carboxylic acids is 1. The molecule has 0 aliphatic heterocycles. The van der Waals surface area contributed by atoms with E-state index in [0.29, 0.717) is 0 Å². The molecular formula is C12H17O2S-. The van der Waals surface area contributed by atoms with Gasteiger partial charge in [-0.25, -0.2) is 0 Å². The normalized spacial score (nSPS) is 52.1. The average molecular weight is 225 g/mol. The first kappa shape index (κ1) is 10.0. The van der Waals surface area contributed by atoms with Crippen molar-refractivity contribution < 1.29 is 9.90 Å². The second-order valence-corrected chi connectivity index (χ2v) is 7.18. The van der Waals surface area contributed by atoms with Gasteiger partial charge in [-0.3, -0.25) is 0 Å². The molecule has 4 aliphatic carbocycles. The molecule has 0 radical (unpaired) electrons. The molecule has 4 fully saturated rings. The zero-order chi connectivity index (χ0) is 10.7. The Hall–Kier alpha value is -0.180. The fourth-order valence-corrected chi connectivity index (χ4v) is 5.77. The van der Waals surface area contributed by atoms with Crippen molar-refractivity contribution in [2.24, 2.45) is 17.3 Å². The van der Waals surface area contributed by atoms with E-state index in [2.05, 4.69) is 0 Å². The van der Waals surface area contributed by atoms with E-state index < -0.39 is 5.97 Å². The number of rotatable bonds is 2. The summed E-state index contributed by atoms with van der Waals surface area (Å²) in [6, 6.07) is 0. The van der Waals surface area contributed by atoms with Crippen molar-refractivity contribution in [2.45, 2.75) is 49.7 Å². The summed E-state index contributed by atoms with van der Waals surface area (Å²) >= 11 is 4.81. The van der Waals surface area contributed by atoms with Crippen LogP contribution in [-0.4, -0.2) is 10.7 Å². The molecule has 0 aromatic rings. The standard InChI is InChI=1S/C12H18O2S/c13-10(14)6-11-2-8-1-9(3-11)5-12(15,4-8)7-11/h8-9,15H,1-7H2,(H,13,14)/p-1. The lowest BCUT2D eigenvalue weighted by Gasteiger charge is -2.61. The van der Waals surface area contributed by atoms with Gasteiger partial charge in [0.25, 0.3) is 0 Å². The summed E-state index contributed by atoms with van der Waals surface area (Å²) in [5, 5.41) is 10.9. The number of carbonyl (C=O) groups is 1. The van der Waals surface area contributed by atoms with Crippen LogP contribution in [0.2, 0.25) is 0 Å². The van der Waals surface area contributed by atoms with Gasteiger partial charge in [-0.05, 0) is 62.2 Å². The second kappa shape index (κ2) is 2.93. The Morgan fingerprint density at radius 3 is 2.33 bits per heavy atom. The van der Waals surface area contributed by atoms with Gasteiger partial charge in [0, 0.05) is 10.7 Å². The van der Waals surface area contributed by atoms with Crippen LogP contribution < -0.4 is 5.11 Å². The number of aliphatic carboxylic acids is 1. The zero-order valence-electron chi connectivity index (χ0n) is 8.87. The maximum absolute atomic E-state index is 10.9. The Bertz CT molecular complexity index is 299. The molecule has 2 unspecified atom stereocenters. The van der Waals surface area contributed by atoms with Gasteiger partial charge in [0.2, 0.25) is 0 Å². The summed E-state index contributed by atoms with van der Waals surface area (Å²) in [6.45, 7) is 0. The van der Waals surface area contributed by atoms with Gasteiger partial charge in [0.1, 0.15) is 0 Å². The van der Waals surface area contributed by atoms with Crippen molar-refractivity contribution in [3.05, 3.63) is 0 Å². The first-order valence-corrected chi connectivity index (χ1v) is 6.36. The highest BCUT2D eigenvalue weighted by Crippen LogP contribution is 2.64. The molecule has 2 nitrogen and oxygen atoms in total. The summed E-state index contributed by atoms with van der Waals surface area (Å²) in [5.74, 6) is 0.611. The van der Waals surface area contributed by atoms with E-state index >= 15 is 0 Å². The van der Waals surface area contributed by atoms with Gasteiger partial charge in [-0.2, -0.15) is 12.6 Å². The lowest BCUT2D eigenvalue weighted by molar-refractivity contribution is -0.309. The van der Waals surface area contributed by atoms with Gasteiger partial charge < -0.3 is 9.90 Å². The van der Waals surface area contributed by atoms with Crippen molar-refractivity contribution in [3.8, 4) is 0 Å². The summed E-state index contributed by atoms with van der Waals surface area (Å²) < 4.78 is 0.152. The van der Waals surface area contributed by atoms with Crippen LogP contribution in [0, 0.1) is 17.3 Å². The molecule has 4 rings (SSSR count). The Morgan fingerprint density at radius 2 is 1.87 bits per heavy atom. The molecule has 0 saturated heterocycles. The largest absolute Gasteiger partial charge is 0.550 e. The smallest absolute Gasteiger partial charge is 0.0419 e. The molecule has 4 saturated carbocycles. The van der Waals surface area contributed by atoms with Crippen molar-refractivity contribution in [1.29, 1.82) is 0 Å². The average Bonchev–Trinajstić information content (AvgIpc) is 1.94. The van der Waals surface area contributed by atoms with Gasteiger partial charge in [-0.15, -0.1) is 0 Å². The third kappa shape index (κ3) is 1.59. The van der Waals surface area contributed by atoms with E-state index in [1.165, 1.54) is 19.3 Å². The minimum Gasteiger partial charge on any atom is -0.550 e. The monoisotopic (exact) mass is 225 g/mol. The quantitative estimate of drug-likeness (QED) is 0.722. The van der Waals surface area contributed by atoms with Crippen LogP contribution in [0.15, 0.2) is 0 Å². The zero-order valence-corrected chi connectivity index (χ0v) is 9.76. The van der Waals surface area contributed by atoms with Gasteiger partial charge >= 0.3 is 0 Å². The number of thiol groups is 1. The minimum absolute atomic E-state index is 0.0463. The molecule has 4 bridgehead atoms. The van der Waals surface area contributed by atoms with Crippen molar-refractivity contribution in [2.75, 3.05) is 0 Å². The molecule has 3 heteroatoms. The summed E-state index contributed by atoms with van der Waals surface area (Å²) in [7, 11) is 0. The predicted molar refractivity (Wildman–Crippen MR) is 58.5 cm³/mol. The second-order valence-electron chi connectivity index (χ2n) is 6.23. The Kier molecular flexibility index (Phi) is 1.96. The van der Waals surface area contributed by atoms with Crippen molar-refractivity contribution >= 4 is 18.6 Å². The number of hydrogen-bond donors (Lipinski definition) is 1. The molecule has 15 heavy (non-hydrogen) atoms. The molecule has 2 atom stereocenters. The highest BCUT2D eigenvalue weighted by molar-refractivity contribution is 7.81. The maximum Gasteiger partial charge on any atom is 0.0419 e. The lowest BCUT2D eigenvalue weighted by Crippen LogP contribution is -2.54. The molecular weight excluding hydrogens is 208 g/mol. The van der Waals surface area contributed by atoms with Crippen molar-refractivity contribution in [1.82, 2.24) is 0 Å². The lowest BCUT2D eigenvalue weighted by atomic mass is 9.48. The topological polar surface area (TPSA) is 40.1 Å². The molecule has 0 amide bonds. The van der Waals surface area contributed by atoms with Crippen LogP contribution >= 0.6 is 12.6 Å². The molecule has 0 aromatic carbocycles. The Labute approximate surface area is 95.8 Å². The van der Waals surface area contributed by atoms with E-state index in [9.17, 15) is 9.90 Å². The van der Waals surface area contributed by atoms with E-state index in [0.717, 1.165) is 31.1 Å². The summed E-state index contributed by atoms with van der Waals surface area (Å²) in [4.78, 5) is 10.9. The molecule has 0 spiro atoms. The maximum atomic E-state index is 10.9. The summed E-state index contributed by atoms with van der Waals surface area (Å²) in [5.41, 5.74) is 0.0463. The fourth-order valence-electron chi connectivity index (χ4n) is 4.91. The molecule has 0 heterocycles. The van der Waals surface area contributed by atoms with Gasteiger partial charge in [0.05, 0.1) is 0 Å². The highest BCUT2D eigenvalue weighted by Gasteiger charge is 2.56. The molecule has 0 aromatic heterocycles. The Morgan fingerprint density at radius 1 is 1.27 bits per heavy atom. The van der Waals surface area contributed by atoms with E-state index in [1.807, 2.05) is 0 Å². The van der Waals surface area contributed by atoms with Gasteiger partial charge in [-0.1, -0.05) is 0 Å². The van der Waals surface area contributed by atoms with E-state index in [-0.39, 0.29) is 16.6 Å². The van der Waals surface area contributed by atoms with Crippen LogP contribution in [0.25, 0.3) is 0 Å². The summed E-state index contributed by atoms with van der Waals surface area (Å²) in [6.07, 6.45) is 7.23. The van der Waals surface area contributed by atoms with Gasteiger partial charge in [0.15, 0.2) is 0 Å². The highest BCUT2D eigenvalue weighted by atomic mass is 32.1. The number of hydrogen-bond acceptors (Lipinski definition) is 3. The number of carboxylic acid groups (broad SMARTS) is 1. The predicted octanol–water partition coefficient (Wildman–Crippen LogP) is 1.40. The van der Waals surface area contributed by atoms with Crippen LogP contribution in [0.5, 0.6) is 0 Å². The fraction of sp³-hybridized carbons (Fsp3) is 0.917. The third-order valence-electron chi connectivity index (χ3n) is 4.67. The first-order chi connectivity index (χ1) is 6.99. The van der Waals surface area contributed by atoms with Crippen LogP contribution in [0.4, 0.5) is 0 Å². The Balaban J connectivity index is 1.89. The van der Waals surface area contributed by atoms with E-state index in [1.54, 1.807) is 0 Å². The van der Waals surface area contributed by atoms with Crippen LogP contribution in [0.1, 0.15) is 44.9 Å². The molecule has 0 N–H and O–H groups in total. The number of carboxylic acids is 1. The third-order valence-corrected chi connectivity index (χ3v) is 5.19. The molecule has 4 aliphatic rings. The minimum atomic E-state index is -0.867. The van der Waals surface area contributed by atoms with Crippen molar-refractivity contribution in [3.63, 3.8) is 0 Å². The van der Waals surface area contributed by atoms with Crippen LogP contribution in [0.3, 0.4) is 0 Å². The molecule has 84 valence electrons.